The van der Waals surface area contributed by atoms with E-state index in [1.807, 2.05) is 26.0 Å². The number of hydrogen-bond acceptors (Lipinski definition) is 4. The molecule has 132 valence electrons. The number of carbonyl (C=O) groups excluding carboxylic acids is 2. The summed E-state index contributed by atoms with van der Waals surface area (Å²) in [6.07, 6.45) is 0. The molecule has 5 nitrogen and oxygen atoms in total. The van der Waals surface area contributed by atoms with Crippen LogP contribution in [0.5, 0.6) is 0 Å². The molecular formula is C21H20N2O3. The predicted octanol–water partition coefficient (Wildman–Crippen LogP) is 4.28. The normalized spacial score (nSPS) is 10.6. The smallest absolute Gasteiger partial charge is 0.338 e. The molecule has 1 N–H and O–H groups in total. The van der Waals surface area contributed by atoms with Crippen LogP contribution in [0.25, 0.3) is 10.9 Å². The van der Waals surface area contributed by atoms with E-state index in [0.717, 1.165) is 11.3 Å². The highest BCUT2D eigenvalue weighted by Gasteiger charge is 2.13. The van der Waals surface area contributed by atoms with Crippen LogP contribution in [-0.2, 0) is 4.74 Å². The van der Waals surface area contributed by atoms with E-state index in [0.29, 0.717) is 34.3 Å². The number of amides is 1. The summed E-state index contributed by atoms with van der Waals surface area (Å²) >= 11 is 0. The Morgan fingerprint density at radius 1 is 1.00 bits per heavy atom. The molecule has 0 saturated heterocycles. The summed E-state index contributed by atoms with van der Waals surface area (Å²) in [5.41, 5.74) is 4.18. The molecule has 0 saturated carbocycles. The summed E-state index contributed by atoms with van der Waals surface area (Å²) < 4.78 is 5.06. The maximum Gasteiger partial charge on any atom is 0.338 e. The Morgan fingerprint density at radius 2 is 1.69 bits per heavy atom. The number of esters is 1. The Balaban J connectivity index is 2.00. The summed E-state index contributed by atoms with van der Waals surface area (Å²) in [6.45, 7) is 5.90. The largest absolute Gasteiger partial charge is 0.462 e. The van der Waals surface area contributed by atoms with Gasteiger partial charge in [-0.05, 0) is 57.2 Å². The van der Waals surface area contributed by atoms with E-state index in [1.165, 1.54) is 0 Å². The van der Waals surface area contributed by atoms with Gasteiger partial charge in [-0.25, -0.2) is 4.79 Å². The number of anilines is 1. The average Bonchev–Trinajstić information content (AvgIpc) is 2.62. The lowest BCUT2D eigenvalue weighted by molar-refractivity contribution is 0.0526. The number of nitrogens with zero attached hydrogens (tertiary/aromatic N) is 1. The molecule has 1 aromatic heterocycles. The van der Waals surface area contributed by atoms with Crippen LogP contribution in [0.15, 0.2) is 48.5 Å². The molecule has 2 aromatic carbocycles. The van der Waals surface area contributed by atoms with Crippen molar-refractivity contribution < 1.29 is 14.3 Å². The van der Waals surface area contributed by atoms with Crippen LogP contribution < -0.4 is 5.32 Å². The maximum absolute atomic E-state index is 12.6. The van der Waals surface area contributed by atoms with Gasteiger partial charge in [0.25, 0.3) is 5.91 Å². The van der Waals surface area contributed by atoms with Crippen LogP contribution in [0.1, 0.15) is 38.9 Å². The van der Waals surface area contributed by atoms with Gasteiger partial charge in [-0.1, -0.05) is 17.7 Å². The summed E-state index contributed by atoms with van der Waals surface area (Å²) in [4.78, 5) is 29.1. The van der Waals surface area contributed by atoms with Gasteiger partial charge in [0, 0.05) is 16.6 Å². The lowest BCUT2D eigenvalue weighted by Gasteiger charge is -2.11. The van der Waals surface area contributed by atoms with Gasteiger partial charge in [0.05, 0.1) is 23.4 Å². The zero-order valence-electron chi connectivity index (χ0n) is 15.0. The van der Waals surface area contributed by atoms with Gasteiger partial charge in [-0.15, -0.1) is 0 Å². The molecule has 0 atom stereocenters. The van der Waals surface area contributed by atoms with Crippen molar-refractivity contribution in [3.63, 3.8) is 0 Å². The van der Waals surface area contributed by atoms with E-state index >= 15 is 0 Å². The van der Waals surface area contributed by atoms with Crippen molar-refractivity contribution in [2.45, 2.75) is 20.8 Å². The molecule has 26 heavy (non-hydrogen) atoms. The number of carbonyl (C=O) groups is 2. The van der Waals surface area contributed by atoms with E-state index in [2.05, 4.69) is 10.3 Å². The third kappa shape index (κ3) is 3.72. The van der Waals surface area contributed by atoms with Crippen molar-refractivity contribution in [2.24, 2.45) is 0 Å². The maximum atomic E-state index is 12.6. The predicted molar refractivity (Wildman–Crippen MR) is 102 cm³/mol. The molecule has 0 aliphatic heterocycles. The molecule has 1 heterocycles. The third-order valence-corrected chi connectivity index (χ3v) is 4.01. The van der Waals surface area contributed by atoms with Gasteiger partial charge in [0.15, 0.2) is 0 Å². The molecule has 3 rings (SSSR count). The number of aromatic nitrogens is 1. The van der Waals surface area contributed by atoms with Crippen molar-refractivity contribution in [1.29, 1.82) is 0 Å². The molecule has 0 aliphatic carbocycles. The molecule has 5 heteroatoms. The number of fused-ring (bicyclic) bond motifs is 1. The first kappa shape index (κ1) is 17.6. The number of ether oxygens (including phenoxy) is 1. The summed E-state index contributed by atoms with van der Waals surface area (Å²) in [5, 5.41) is 3.62. The second kappa shape index (κ2) is 7.35. The summed E-state index contributed by atoms with van der Waals surface area (Å²) in [5.74, 6) is -0.607. The number of hydrogen-bond donors (Lipinski definition) is 1. The SMILES string of the molecule is CCOC(=O)c1ccc2nc(C)cc(NC(=O)c3ccc(C)cc3)c2c1. The van der Waals surface area contributed by atoms with E-state index < -0.39 is 5.97 Å². The summed E-state index contributed by atoms with van der Waals surface area (Å²) in [7, 11) is 0. The molecular weight excluding hydrogens is 328 g/mol. The molecule has 0 radical (unpaired) electrons. The van der Waals surface area contributed by atoms with Crippen molar-refractivity contribution >= 4 is 28.5 Å². The molecule has 1 amide bonds. The highest BCUT2D eigenvalue weighted by Crippen LogP contribution is 2.25. The van der Waals surface area contributed by atoms with Crippen LogP contribution in [0.2, 0.25) is 0 Å². The Hall–Kier alpha value is -3.21. The van der Waals surface area contributed by atoms with Crippen molar-refractivity contribution in [1.82, 2.24) is 4.98 Å². The fourth-order valence-corrected chi connectivity index (χ4v) is 2.70. The second-order valence-corrected chi connectivity index (χ2v) is 6.08. The number of benzene rings is 2. The Bertz CT molecular complexity index is 978. The van der Waals surface area contributed by atoms with Crippen molar-refractivity contribution in [3.8, 4) is 0 Å². The van der Waals surface area contributed by atoms with Gasteiger partial charge in [0.1, 0.15) is 0 Å². The number of pyridine rings is 1. The number of nitrogens with one attached hydrogen (secondary N) is 1. The molecule has 0 fully saturated rings. The first-order valence-electron chi connectivity index (χ1n) is 8.44. The topological polar surface area (TPSA) is 68.3 Å². The van der Waals surface area contributed by atoms with Crippen molar-refractivity contribution in [2.75, 3.05) is 11.9 Å². The Morgan fingerprint density at radius 3 is 2.38 bits per heavy atom. The monoisotopic (exact) mass is 348 g/mol. The fourth-order valence-electron chi connectivity index (χ4n) is 2.70. The Labute approximate surface area is 152 Å². The van der Waals surface area contributed by atoms with Crippen LogP contribution in [-0.4, -0.2) is 23.5 Å². The Kier molecular flexibility index (Phi) is 4.98. The third-order valence-electron chi connectivity index (χ3n) is 4.01. The van der Waals surface area contributed by atoms with Gasteiger partial charge in [0.2, 0.25) is 0 Å². The van der Waals surface area contributed by atoms with Gasteiger partial charge >= 0.3 is 5.97 Å². The fraction of sp³-hybridized carbons (Fsp3) is 0.190. The van der Waals surface area contributed by atoms with E-state index in [1.54, 1.807) is 43.3 Å². The van der Waals surface area contributed by atoms with E-state index in [-0.39, 0.29) is 5.91 Å². The molecule has 0 spiro atoms. The quantitative estimate of drug-likeness (QED) is 0.715. The minimum absolute atomic E-state index is 0.210. The molecule has 0 unspecified atom stereocenters. The lowest BCUT2D eigenvalue weighted by Crippen LogP contribution is -2.13. The highest BCUT2D eigenvalue weighted by atomic mass is 16.5. The zero-order chi connectivity index (χ0) is 18.7. The van der Waals surface area contributed by atoms with E-state index in [4.69, 9.17) is 4.74 Å². The number of rotatable bonds is 4. The first-order chi connectivity index (χ1) is 12.5. The lowest BCUT2D eigenvalue weighted by atomic mass is 10.1. The number of aryl methyl sites for hydroxylation is 2. The minimum atomic E-state index is -0.397. The van der Waals surface area contributed by atoms with Crippen molar-refractivity contribution in [3.05, 3.63) is 70.9 Å². The van der Waals surface area contributed by atoms with Crippen LogP contribution in [0, 0.1) is 13.8 Å². The minimum Gasteiger partial charge on any atom is -0.462 e. The van der Waals surface area contributed by atoms with Gasteiger partial charge < -0.3 is 10.1 Å². The van der Waals surface area contributed by atoms with E-state index in [9.17, 15) is 9.59 Å². The van der Waals surface area contributed by atoms with Gasteiger partial charge in [-0.3, -0.25) is 9.78 Å². The van der Waals surface area contributed by atoms with Crippen LogP contribution in [0.3, 0.4) is 0 Å². The molecule has 0 bridgehead atoms. The zero-order valence-corrected chi connectivity index (χ0v) is 15.0. The first-order valence-corrected chi connectivity index (χ1v) is 8.44. The van der Waals surface area contributed by atoms with Crippen LogP contribution >= 0.6 is 0 Å². The summed E-state index contributed by atoms with van der Waals surface area (Å²) in [6, 6.07) is 14.3. The van der Waals surface area contributed by atoms with Crippen LogP contribution in [0.4, 0.5) is 5.69 Å². The molecule has 3 aromatic rings. The van der Waals surface area contributed by atoms with Gasteiger partial charge in [-0.2, -0.15) is 0 Å². The second-order valence-electron chi connectivity index (χ2n) is 6.08. The molecule has 0 aliphatic rings. The standard InChI is InChI=1S/C21H20N2O3/c1-4-26-21(25)16-9-10-18-17(12-16)19(11-14(3)22-18)23-20(24)15-7-5-13(2)6-8-15/h5-12H,4H2,1-3H3,(H,22,23,24). The average molecular weight is 348 g/mol. The highest BCUT2D eigenvalue weighted by molar-refractivity contribution is 6.09.